The van der Waals surface area contributed by atoms with Gasteiger partial charge >= 0.3 is 0 Å². The average Bonchev–Trinajstić information content (AvgIpc) is 2.96. The van der Waals surface area contributed by atoms with Crippen LogP contribution < -0.4 is 0 Å². The molecule has 0 saturated heterocycles. The summed E-state index contributed by atoms with van der Waals surface area (Å²) < 4.78 is 3.16. The van der Waals surface area contributed by atoms with Gasteiger partial charge in [0.25, 0.3) is 0 Å². The van der Waals surface area contributed by atoms with Crippen LogP contribution in [0.15, 0.2) is 15.9 Å². The summed E-state index contributed by atoms with van der Waals surface area (Å²) in [6.07, 6.45) is 6.34. The SMILES string of the molecule is N#C/C(=C/c1ccc(Br)s1)c1nnc2n1CCCCC2. The molecule has 0 aliphatic carbocycles. The van der Waals surface area contributed by atoms with Gasteiger partial charge in [0.2, 0.25) is 0 Å². The van der Waals surface area contributed by atoms with E-state index in [1.54, 1.807) is 11.3 Å². The van der Waals surface area contributed by atoms with Crippen molar-refractivity contribution in [2.24, 2.45) is 0 Å². The van der Waals surface area contributed by atoms with Gasteiger partial charge in [-0.25, -0.2) is 0 Å². The van der Waals surface area contributed by atoms with Gasteiger partial charge in [0.1, 0.15) is 11.9 Å². The number of hydrogen-bond donors (Lipinski definition) is 0. The van der Waals surface area contributed by atoms with E-state index in [4.69, 9.17) is 0 Å². The minimum atomic E-state index is 0.583. The Bertz CT molecular complexity index is 692. The molecule has 4 nitrogen and oxygen atoms in total. The average molecular weight is 349 g/mol. The molecule has 0 radical (unpaired) electrons. The number of allylic oxidation sites excluding steroid dienone is 1. The number of aromatic nitrogens is 3. The van der Waals surface area contributed by atoms with Crippen LogP contribution in [0.25, 0.3) is 11.6 Å². The fourth-order valence-corrected chi connectivity index (χ4v) is 3.75. The molecule has 0 unspecified atom stereocenters. The molecule has 0 fully saturated rings. The molecular formula is C14H13BrN4S. The van der Waals surface area contributed by atoms with Gasteiger partial charge in [0, 0.05) is 17.8 Å². The molecule has 1 aliphatic heterocycles. The van der Waals surface area contributed by atoms with Crippen molar-refractivity contribution in [2.45, 2.75) is 32.2 Å². The molecule has 2 aromatic heterocycles. The molecule has 102 valence electrons. The first-order valence-electron chi connectivity index (χ1n) is 6.57. The molecule has 1 aliphatic rings. The number of fused-ring (bicyclic) bond motifs is 1. The number of halogens is 1. The van der Waals surface area contributed by atoms with Crippen LogP contribution >= 0.6 is 27.3 Å². The van der Waals surface area contributed by atoms with E-state index >= 15 is 0 Å². The number of aryl methyl sites for hydroxylation is 1. The predicted octanol–water partition coefficient (Wildman–Crippen LogP) is 3.89. The molecule has 0 bridgehead atoms. The van der Waals surface area contributed by atoms with Crippen molar-refractivity contribution >= 4 is 38.9 Å². The second-order valence-electron chi connectivity index (χ2n) is 4.71. The van der Waals surface area contributed by atoms with Gasteiger partial charge in [-0.05, 0) is 47.0 Å². The Kier molecular flexibility index (Phi) is 3.99. The number of nitriles is 1. The van der Waals surface area contributed by atoms with E-state index < -0.39 is 0 Å². The maximum Gasteiger partial charge on any atom is 0.174 e. The molecule has 0 atom stereocenters. The predicted molar refractivity (Wildman–Crippen MR) is 83.1 cm³/mol. The molecule has 0 amide bonds. The molecule has 0 N–H and O–H groups in total. The fraction of sp³-hybridized carbons (Fsp3) is 0.357. The number of nitrogens with zero attached hydrogens (tertiary/aromatic N) is 4. The van der Waals surface area contributed by atoms with Crippen molar-refractivity contribution < 1.29 is 0 Å². The normalized spacial score (nSPS) is 15.5. The van der Waals surface area contributed by atoms with E-state index in [0.717, 1.165) is 40.3 Å². The Balaban J connectivity index is 2.00. The molecule has 3 rings (SSSR count). The Morgan fingerprint density at radius 1 is 1.35 bits per heavy atom. The second kappa shape index (κ2) is 5.90. The smallest absolute Gasteiger partial charge is 0.174 e. The quantitative estimate of drug-likeness (QED) is 0.773. The first-order chi connectivity index (χ1) is 9.78. The maximum atomic E-state index is 9.43. The Hall–Kier alpha value is -1.45. The Morgan fingerprint density at radius 2 is 2.25 bits per heavy atom. The van der Waals surface area contributed by atoms with Crippen molar-refractivity contribution in [1.82, 2.24) is 14.8 Å². The summed E-state index contributed by atoms with van der Waals surface area (Å²) in [6, 6.07) is 6.24. The van der Waals surface area contributed by atoms with Gasteiger partial charge < -0.3 is 4.57 Å². The lowest BCUT2D eigenvalue weighted by molar-refractivity contribution is 0.627. The van der Waals surface area contributed by atoms with Crippen LogP contribution in [-0.2, 0) is 13.0 Å². The highest BCUT2D eigenvalue weighted by Gasteiger charge is 2.17. The van der Waals surface area contributed by atoms with Gasteiger partial charge in [-0.1, -0.05) is 6.42 Å². The van der Waals surface area contributed by atoms with Gasteiger partial charge in [-0.3, -0.25) is 0 Å². The third-order valence-corrected chi connectivity index (χ3v) is 4.92. The molecule has 0 spiro atoms. The first kappa shape index (κ1) is 13.5. The summed E-state index contributed by atoms with van der Waals surface area (Å²) in [4.78, 5) is 1.04. The van der Waals surface area contributed by atoms with Gasteiger partial charge in [0.05, 0.1) is 9.36 Å². The highest BCUT2D eigenvalue weighted by molar-refractivity contribution is 9.11. The monoisotopic (exact) mass is 348 g/mol. The highest BCUT2D eigenvalue weighted by Crippen LogP contribution is 2.27. The fourth-order valence-electron chi connectivity index (χ4n) is 2.38. The number of thiophene rings is 1. The zero-order valence-corrected chi connectivity index (χ0v) is 13.2. The summed E-state index contributed by atoms with van der Waals surface area (Å²) in [5, 5.41) is 17.9. The van der Waals surface area contributed by atoms with E-state index in [1.165, 1.54) is 6.42 Å². The van der Waals surface area contributed by atoms with Gasteiger partial charge in [-0.2, -0.15) is 5.26 Å². The van der Waals surface area contributed by atoms with Crippen molar-refractivity contribution in [3.63, 3.8) is 0 Å². The Morgan fingerprint density at radius 3 is 3.00 bits per heavy atom. The minimum absolute atomic E-state index is 0.583. The summed E-state index contributed by atoms with van der Waals surface area (Å²) >= 11 is 5.04. The molecule has 0 saturated carbocycles. The zero-order chi connectivity index (χ0) is 13.9. The van der Waals surface area contributed by atoms with E-state index in [2.05, 4.69) is 36.8 Å². The Labute approximate surface area is 129 Å². The summed E-state index contributed by atoms with van der Waals surface area (Å²) in [6.45, 7) is 0.908. The topological polar surface area (TPSA) is 54.5 Å². The highest BCUT2D eigenvalue weighted by atomic mass is 79.9. The van der Waals surface area contributed by atoms with Gasteiger partial charge in [-0.15, -0.1) is 21.5 Å². The van der Waals surface area contributed by atoms with Crippen LogP contribution in [-0.4, -0.2) is 14.8 Å². The largest absolute Gasteiger partial charge is 0.310 e. The minimum Gasteiger partial charge on any atom is -0.310 e. The van der Waals surface area contributed by atoms with E-state index in [-0.39, 0.29) is 0 Å². The lowest BCUT2D eigenvalue weighted by Gasteiger charge is -2.05. The van der Waals surface area contributed by atoms with Crippen LogP contribution in [0.3, 0.4) is 0 Å². The van der Waals surface area contributed by atoms with Crippen molar-refractivity contribution in [2.75, 3.05) is 0 Å². The molecule has 2 aromatic rings. The van der Waals surface area contributed by atoms with Crippen molar-refractivity contribution in [3.8, 4) is 6.07 Å². The second-order valence-corrected chi connectivity index (χ2v) is 7.21. The molecule has 3 heterocycles. The summed E-state index contributed by atoms with van der Waals surface area (Å²) in [5.41, 5.74) is 0.583. The lowest BCUT2D eigenvalue weighted by atomic mass is 10.2. The lowest BCUT2D eigenvalue weighted by Crippen LogP contribution is -2.05. The van der Waals surface area contributed by atoms with E-state index in [0.29, 0.717) is 11.4 Å². The van der Waals surface area contributed by atoms with Crippen LogP contribution in [0.2, 0.25) is 0 Å². The van der Waals surface area contributed by atoms with E-state index in [1.807, 2.05) is 18.2 Å². The van der Waals surface area contributed by atoms with Crippen molar-refractivity contribution in [3.05, 3.63) is 32.4 Å². The number of hydrogen-bond acceptors (Lipinski definition) is 4. The van der Waals surface area contributed by atoms with Crippen LogP contribution in [0.5, 0.6) is 0 Å². The maximum absolute atomic E-state index is 9.43. The number of rotatable bonds is 2. The molecular weight excluding hydrogens is 336 g/mol. The van der Waals surface area contributed by atoms with E-state index in [9.17, 15) is 5.26 Å². The summed E-state index contributed by atoms with van der Waals surface area (Å²) in [7, 11) is 0. The zero-order valence-electron chi connectivity index (χ0n) is 10.8. The molecule has 0 aromatic carbocycles. The van der Waals surface area contributed by atoms with Crippen LogP contribution in [0, 0.1) is 11.3 Å². The molecule has 6 heteroatoms. The third kappa shape index (κ3) is 2.69. The van der Waals surface area contributed by atoms with Crippen LogP contribution in [0.1, 0.15) is 35.8 Å². The molecule has 20 heavy (non-hydrogen) atoms. The third-order valence-electron chi connectivity index (χ3n) is 3.35. The summed E-state index contributed by atoms with van der Waals surface area (Å²) in [5.74, 6) is 1.71. The standard InChI is InChI=1S/C14H13BrN4S/c15-12-6-5-11(20-12)8-10(9-16)14-18-17-13-4-2-1-3-7-19(13)14/h5-6,8H,1-4,7H2/b10-8-. The van der Waals surface area contributed by atoms with Gasteiger partial charge in [0.15, 0.2) is 5.82 Å². The first-order valence-corrected chi connectivity index (χ1v) is 8.18. The van der Waals surface area contributed by atoms with Crippen LogP contribution in [0.4, 0.5) is 0 Å². The van der Waals surface area contributed by atoms with Crippen molar-refractivity contribution in [1.29, 1.82) is 5.26 Å².